The Balaban J connectivity index is 2.51. The highest BCUT2D eigenvalue weighted by molar-refractivity contribution is 6.30. The predicted octanol–water partition coefficient (Wildman–Crippen LogP) is 2.37. The fourth-order valence-corrected chi connectivity index (χ4v) is 1.92. The fourth-order valence-electron chi connectivity index (χ4n) is 1.71. The van der Waals surface area contributed by atoms with Crippen LogP contribution in [0.5, 0.6) is 0 Å². The van der Waals surface area contributed by atoms with Crippen LogP contribution >= 0.6 is 11.6 Å². The number of benzene rings is 1. The molecule has 100 valence electrons. The lowest BCUT2D eigenvalue weighted by Crippen LogP contribution is -2.47. The first-order valence-corrected chi connectivity index (χ1v) is 6.58. The molecule has 3 N–H and O–H groups in total. The number of rotatable bonds is 5. The standard InChI is InChI=1S/C14H21ClN2O/c1-9(2)13(16)14(18)17-10(3)7-11-5-4-6-12(15)8-11/h4-6,8-10,13H,7,16H2,1-3H3,(H,17,18)/t10?,13-/m0/s1. The second-order valence-electron chi connectivity index (χ2n) is 5.01. The number of carbonyl (C=O) groups excluding carboxylic acids is 1. The number of halogens is 1. The Morgan fingerprint density at radius 1 is 1.39 bits per heavy atom. The third kappa shape index (κ3) is 4.67. The topological polar surface area (TPSA) is 55.1 Å². The van der Waals surface area contributed by atoms with Crippen LogP contribution in [0.15, 0.2) is 24.3 Å². The average Bonchev–Trinajstić information content (AvgIpc) is 2.27. The van der Waals surface area contributed by atoms with Gasteiger partial charge in [-0.15, -0.1) is 0 Å². The van der Waals surface area contributed by atoms with Gasteiger partial charge in [-0.2, -0.15) is 0 Å². The van der Waals surface area contributed by atoms with Crippen LogP contribution < -0.4 is 11.1 Å². The molecule has 1 aromatic carbocycles. The maximum atomic E-state index is 11.8. The molecule has 0 heterocycles. The molecular formula is C14H21ClN2O. The molecule has 1 unspecified atom stereocenters. The molecule has 1 aromatic rings. The largest absolute Gasteiger partial charge is 0.352 e. The van der Waals surface area contributed by atoms with Gasteiger partial charge in [0.1, 0.15) is 0 Å². The molecule has 0 bridgehead atoms. The highest BCUT2D eigenvalue weighted by Gasteiger charge is 2.18. The van der Waals surface area contributed by atoms with Crippen molar-refractivity contribution in [2.75, 3.05) is 0 Å². The number of nitrogens with one attached hydrogen (secondary N) is 1. The second-order valence-corrected chi connectivity index (χ2v) is 5.45. The highest BCUT2D eigenvalue weighted by Crippen LogP contribution is 2.12. The number of amides is 1. The van der Waals surface area contributed by atoms with Crippen molar-refractivity contribution < 1.29 is 4.79 Å². The monoisotopic (exact) mass is 268 g/mol. The van der Waals surface area contributed by atoms with Crippen molar-refractivity contribution in [3.63, 3.8) is 0 Å². The summed E-state index contributed by atoms with van der Waals surface area (Å²) in [6, 6.07) is 7.24. The lowest BCUT2D eigenvalue weighted by atomic mass is 10.0. The van der Waals surface area contributed by atoms with Crippen molar-refractivity contribution in [1.29, 1.82) is 0 Å². The molecule has 0 radical (unpaired) electrons. The Morgan fingerprint density at radius 2 is 2.06 bits per heavy atom. The van der Waals surface area contributed by atoms with Crippen LogP contribution in [0.4, 0.5) is 0 Å². The van der Waals surface area contributed by atoms with E-state index in [2.05, 4.69) is 5.32 Å². The summed E-state index contributed by atoms with van der Waals surface area (Å²) in [7, 11) is 0. The van der Waals surface area contributed by atoms with Gasteiger partial charge in [0.25, 0.3) is 0 Å². The maximum absolute atomic E-state index is 11.8. The van der Waals surface area contributed by atoms with E-state index in [0.29, 0.717) is 5.02 Å². The lowest BCUT2D eigenvalue weighted by Gasteiger charge is -2.19. The van der Waals surface area contributed by atoms with Gasteiger partial charge in [-0.1, -0.05) is 37.6 Å². The van der Waals surface area contributed by atoms with Crippen molar-refractivity contribution in [3.8, 4) is 0 Å². The highest BCUT2D eigenvalue weighted by atomic mass is 35.5. The van der Waals surface area contributed by atoms with Crippen LogP contribution in [0.3, 0.4) is 0 Å². The molecule has 0 aliphatic carbocycles. The molecule has 1 rings (SSSR count). The van der Waals surface area contributed by atoms with Crippen LogP contribution in [0.25, 0.3) is 0 Å². The molecule has 1 amide bonds. The van der Waals surface area contributed by atoms with E-state index in [9.17, 15) is 4.79 Å². The summed E-state index contributed by atoms with van der Waals surface area (Å²) in [5, 5.41) is 3.63. The molecule has 0 spiro atoms. The predicted molar refractivity (Wildman–Crippen MR) is 75.6 cm³/mol. The van der Waals surface area contributed by atoms with Crippen LogP contribution in [0.1, 0.15) is 26.3 Å². The van der Waals surface area contributed by atoms with Gasteiger partial charge in [-0.05, 0) is 37.0 Å². The van der Waals surface area contributed by atoms with Crippen molar-refractivity contribution >= 4 is 17.5 Å². The summed E-state index contributed by atoms with van der Waals surface area (Å²) in [5.41, 5.74) is 6.90. The normalized spacial score (nSPS) is 14.3. The lowest BCUT2D eigenvalue weighted by molar-refractivity contribution is -0.123. The number of carbonyl (C=O) groups is 1. The molecule has 0 saturated carbocycles. The van der Waals surface area contributed by atoms with E-state index in [0.717, 1.165) is 12.0 Å². The molecule has 3 nitrogen and oxygen atoms in total. The minimum atomic E-state index is -0.452. The maximum Gasteiger partial charge on any atom is 0.237 e. The van der Waals surface area contributed by atoms with Crippen molar-refractivity contribution in [1.82, 2.24) is 5.32 Å². The van der Waals surface area contributed by atoms with Gasteiger partial charge in [-0.25, -0.2) is 0 Å². The zero-order valence-corrected chi connectivity index (χ0v) is 11.9. The van der Waals surface area contributed by atoms with Gasteiger partial charge >= 0.3 is 0 Å². The number of hydrogen-bond acceptors (Lipinski definition) is 2. The molecule has 0 aliphatic heterocycles. The van der Waals surface area contributed by atoms with E-state index < -0.39 is 6.04 Å². The summed E-state index contributed by atoms with van der Waals surface area (Å²) in [6.45, 7) is 5.84. The fraction of sp³-hybridized carbons (Fsp3) is 0.500. The number of nitrogens with two attached hydrogens (primary N) is 1. The summed E-state index contributed by atoms with van der Waals surface area (Å²) >= 11 is 5.92. The van der Waals surface area contributed by atoms with E-state index in [4.69, 9.17) is 17.3 Å². The van der Waals surface area contributed by atoms with Crippen molar-refractivity contribution in [2.45, 2.75) is 39.3 Å². The molecule has 18 heavy (non-hydrogen) atoms. The Morgan fingerprint density at radius 3 is 2.61 bits per heavy atom. The summed E-state index contributed by atoms with van der Waals surface area (Å²) in [4.78, 5) is 11.8. The summed E-state index contributed by atoms with van der Waals surface area (Å²) in [6.07, 6.45) is 0.747. The first-order chi connectivity index (χ1) is 8.40. The van der Waals surface area contributed by atoms with Crippen molar-refractivity contribution in [3.05, 3.63) is 34.9 Å². The molecule has 2 atom stereocenters. The van der Waals surface area contributed by atoms with Gasteiger partial charge in [-0.3, -0.25) is 4.79 Å². The zero-order valence-electron chi connectivity index (χ0n) is 11.1. The quantitative estimate of drug-likeness (QED) is 0.861. The van der Waals surface area contributed by atoms with E-state index >= 15 is 0 Å². The minimum Gasteiger partial charge on any atom is -0.352 e. The Labute approximate surface area is 114 Å². The first-order valence-electron chi connectivity index (χ1n) is 6.20. The smallest absolute Gasteiger partial charge is 0.237 e. The first kappa shape index (κ1) is 15.0. The van der Waals surface area contributed by atoms with E-state index in [1.807, 2.05) is 45.0 Å². The minimum absolute atomic E-state index is 0.0424. The van der Waals surface area contributed by atoms with Gasteiger partial charge < -0.3 is 11.1 Å². The molecule has 0 aromatic heterocycles. The molecule has 0 saturated heterocycles. The van der Waals surface area contributed by atoms with Gasteiger partial charge in [0, 0.05) is 11.1 Å². The number of hydrogen-bond donors (Lipinski definition) is 2. The Hall–Kier alpha value is -1.06. The molecule has 0 fully saturated rings. The Kier molecular flexibility index (Phi) is 5.63. The van der Waals surface area contributed by atoms with Gasteiger partial charge in [0.15, 0.2) is 0 Å². The van der Waals surface area contributed by atoms with E-state index in [1.54, 1.807) is 0 Å². The summed E-state index contributed by atoms with van der Waals surface area (Å²) < 4.78 is 0. The van der Waals surface area contributed by atoms with Crippen LogP contribution in [-0.4, -0.2) is 18.0 Å². The second kappa shape index (κ2) is 6.76. The SMILES string of the molecule is CC(Cc1cccc(Cl)c1)NC(=O)[C@@H](N)C(C)C. The molecular weight excluding hydrogens is 248 g/mol. The van der Waals surface area contributed by atoms with Crippen LogP contribution in [0, 0.1) is 5.92 Å². The summed E-state index contributed by atoms with van der Waals surface area (Å²) in [5.74, 6) is 0.0443. The van der Waals surface area contributed by atoms with Gasteiger partial charge in [0.2, 0.25) is 5.91 Å². The average molecular weight is 269 g/mol. The van der Waals surface area contributed by atoms with Crippen molar-refractivity contribution in [2.24, 2.45) is 11.7 Å². The molecule has 4 heteroatoms. The van der Waals surface area contributed by atoms with Crippen LogP contribution in [0.2, 0.25) is 5.02 Å². The van der Waals surface area contributed by atoms with Gasteiger partial charge in [0.05, 0.1) is 6.04 Å². The third-order valence-corrected chi connectivity index (χ3v) is 3.08. The third-order valence-electron chi connectivity index (χ3n) is 2.84. The van der Waals surface area contributed by atoms with E-state index in [-0.39, 0.29) is 17.9 Å². The Bertz CT molecular complexity index is 407. The van der Waals surface area contributed by atoms with E-state index in [1.165, 1.54) is 0 Å². The zero-order chi connectivity index (χ0) is 13.7. The van der Waals surface area contributed by atoms with Crippen LogP contribution in [-0.2, 0) is 11.2 Å². The molecule has 0 aliphatic rings.